The van der Waals surface area contributed by atoms with Crippen LogP contribution in [0.5, 0.6) is 0 Å². The molecule has 3 rings (SSSR count). The summed E-state index contributed by atoms with van der Waals surface area (Å²) in [6.07, 6.45) is 5.51. The Hall–Kier alpha value is -2.66. The molecule has 0 unspecified atom stereocenters. The van der Waals surface area contributed by atoms with Crippen molar-refractivity contribution in [2.24, 2.45) is 4.99 Å². The van der Waals surface area contributed by atoms with Crippen molar-refractivity contribution in [1.82, 2.24) is 9.88 Å². The average Bonchev–Trinajstić information content (AvgIpc) is 3.14. The first-order valence-corrected chi connectivity index (χ1v) is 12.6. The van der Waals surface area contributed by atoms with Crippen molar-refractivity contribution in [3.63, 3.8) is 0 Å². The number of ether oxygens (including phenoxy) is 2. The van der Waals surface area contributed by atoms with Gasteiger partial charge in [-0.3, -0.25) is 14.4 Å². The Morgan fingerprint density at radius 1 is 1.12 bits per heavy atom. The van der Waals surface area contributed by atoms with Gasteiger partial charge in [0.15, 0.2) is 4.80 Å². The molecule has 0 aliphatic heterocycles. The Morgan fingerprint density at radius 2 is 1.88 bits per heavy atom. The van der Waals surface area contributed by atoms with Gasteiger partial charge in [0, 0.05) is 6.04 Å². The van der Waals surface area contributed by atoms with Crippen LogP contribution in [0.2, 0.25) is 0 Å². The van der Waals surface area contributed by atoms with E-state index in [0.29, 0.717) is 20.6 Å². The van der Waals surface area contributed by atoms with Crippen molar-refractivity contribution in [2.45, 2.75) is 44.7 Å². The van der Waals surface area contributed by atoms with E-state index in [4.69, 9.17) is 9.47 Å². The minimum atomic E-state index is -0.491. The Balaban J connectivity index is 1.71. The standard InChI is InChI=1S/C22H27N3O6S2/c1-30-20(28)11-25-16-9-8-14(21(29)31-2)10-17(16)33-22(25)24-19(27)13-32-12-18(26)23-15-6-4-3-5-7-15/h8-10,15H,3-7,11-13H2,1-2H3,(H,23,26). The zero-order valence-electron chi connectivity index (χ0n) is 18.6. The first kappa shape index (κ1) is 25.0. The van der Waals surface area contributed by atoms with E-state index in [1.165, 1.54) is 43.7 Å². The predicted octanol–water partition coefficient (Wildman–Crippen LogP) is 2.27. The lowest BCUT2D eigenvalue weighted by Crippen LogP contribution is -2.37. The summed E-state index contributed by atoms with van der Waals surface area (Å²) in [5, 5.41) is 3.02. The summed E-state index contributed by atoms with van der Waals surface area (Å²) in [7, 11) is 2.58. The number of carbonyl (C=O) groups excluding carboxylic acids is 4. The van der Waals surface area contributed by atoms with Crippen LogP contribution in [0, 0.1) is 0 Å². The maximum absolute atomic E-state index is 12.5. The van der Waals surface area contributed by atoms with Gasteiger partial charge in [0.25, 0.3) is 5.91 Å². The normalized spacial score (nSPS) is 14.8. The number of fused-ring (bicyclic) bond motifs is 1. The van der Waals surface area contributed by atoms with Crippen LogP contribution < -0.4 is 10.1 Å². The Kier molecular flexibility index (Phi) is 9.07. The van der Waals surface area contributed by atoms with Gasteiger partial charge in [-0.15, -0.1) is 11.8 Å². The number of aromatic nitrogens is 1. The van der Waals surface area contributed by atoms with E-state index in [1.54, 1.807) is 22.8 Å². The van der Waals surface area contributed by atoms with Crippen LogP contribution in [0.25, 0.3) is 10.2 Å². The molecule has 1 aliphatic carbocycles. The van der Waals surface area contributed by atoms with Crippen molar-refractivity contribution in [2.75, 3.05) is 25.7 Å². The number of thiazole rings is 1. The van der Waals surface area contributed by atoms with E-state index in [-0.39, 0.29) is 30.0 Å². The summed E-state index contributed by atoms with van der Waals surface area (Å²) in [5.41, 5.74) is 0.998. The van der Waals surface area contributed by atoms with E-state index < -0.39 is 17.8 Å². The zero-order valence-corrected chi connectivity index (χ0v) is 20.3. The lowest BCUT2D eigenvalue weighted by atomic mass is 9.95. The molecule has 0 spiro atoms. The first-order valence-electron chi connectivity index (χ1n) is 10.6. The molecule has 33 heavy (non-hydrogen) atoms. The highest BCUT2D eigenvalue weighted by Gasteiger charge is 2.17. The smallest absolute Gasteiger partial charge is 0.337 e. The molecule has 1 N–H and O–H groups in total. The molecule has 9 nitrogen and oxygen atoms in total. The fourth-order valence-corrected chi connectivity index (χ4v) is 5.33. The summed E-state index contributed by atoms with van der Waals surface area (Å²) >= 11 is 2.39. The third-order valence-corrected chi connectivity index (χ3v) is 7.23. The second kappa shape index (κ2) is 12.0. The van der Waals surface area contributed by atoms with E-state index >= 15 is 0 Å². The molecule has 11 heteroatoms. The Bertz CT molecular complexity index is 1100. The van der Waals surface area contributed by atoms with Gasteiger partial charge in [-0.05, 0) is 31.0 Å². The second-order valence-electron chi connectivity index (χ2n) is 7.62. The SMILES string of the molecule is COC(=O)Cn1c(=NC(=O)CSCC(=O)NC2CCCCC2)sc2cc(C(=O)OC)ccc21. The third-order valence-electron chi connectivity index (χ3n) is 5.27. The van der Waals surface area contributed by atoms with Crippen LogP contribution in [0.15, 0.2) is 23.2 Å². The number of hydrogen-bond acceptors (Lipinski definition) is 8. The molecule has 0 atom stereocenters. The van der Waals surface area contributed by atoms with Gasteiger partial charge in [0.05, 0.1) is 41.5 Å². The number of methoxy groups -OCH3 is 2. The van der Waals surface area contributed by atoms with Gasteiger partial charge in [0.2, 0.25) is 5.91 Å². The molecule has 1 fully saturated rings. The molecule has 1 heterocycles. The molecule has 2 amide bonds. The lowest BCUT2D eigenvalue weighted by Gasteiger charge is -2.22. The number of benzene rings is 1. The van der Waals surface area contributed by atoms with Gasteiger partial charge in [0.1, 0.15) is 6.54 Å². The molecule has 178 valence electrons. The summed E-state index contributed by atoms with van der Waals surface area (Å²) < 4.78 is 11.8. The van der Waals surface area contributed by atoms with Gasteiger partial charge in [-0.25, -0.2) is 4.79 Å². The van der Waals surface area contributed by atoms with E-state index in [2.05, 4.69) is 10.3 Å². The van der Waals surface area contributed by atoms with E-state index in [1.807, 2.05) is 0 Å². The van der Waals surface area contributed by atoms with Crippen LogP contribution in [-0.4, -0.2) is 60.1 Å². The van der Waals surface area contributed by atoms with Crippen LogP contribution in [0.4, 0.5) is 0 Å². The number of carbonyl (C=O) groups is 4. The highest BCUT2D eigenvalue weighted by Crippen LogP contribution is 2.20. The van der Waals surface area contributed by atoms with E-state index in [9.17, 15) is 19.2 Å². The van der Waals surface area contributed by atoms with Crippen molar-refractivity contribution in [3.05, 3.63) is 28.6 Å². The Labute approximate surface area is 199 Å². The largest absolute Gasteiger partial charge is 0.468 e. The molecular formula is C22H27N3O6S2. The highest BCUT2D eigenvalue weighted by atomic mass is 32.2. The van der Waals surface area contributed by atoms with Crippen molar-refractivity contribution >= 4 is 57.1 Å². The van der Waals surface area contributed by atoms with Crippen molar-refractivity contribution in [1.29, 1.82) is 0 Å². The van der Waals surface area contributed by atoms with Crippen LogP contribution in [0.3, 0.4) is 0 Å². The number of hydrogen-bond donors (Lipinski definition) is 1. The van der Waals surface area contributed by atoms with Crippen LogP contribution in [-0.2, 0) is 30.4 Å². The molecule has 1 aromatic carbocycles. The highest BCUT2D eigenvalue weighted by molar-refractivity contribution is 8.00. The monoisotopic (exact) mass is 493 g/mol. The quantitative estimate of drug-likeness (QED) is 0.561. The summed E-state index contributed by atoms with van der Waals surface area (Å²) in [4.78, 5) is 52.8. The van der Waals surface area contributed by atoms with Gasteiger partial charge in [-0.2, -0.15) is 4.99 Å². The number of nitrogens with one attached hydrogen (secondary N) is 1. The first-order chi connectivity index (χ1) is 15.9. The predicted molar refractivity (Wildman–Crippen MR) is 126 cm³/mol. The van der Waals surface area contributed by atoms with Gasteiger partial charge < -0.3 is 19.4 Å². The topological polar surface area (TPSA) is 116 Å². The molecule has 2 aromatic rings. The zero-order chi connectivity index (χ0) is 23.8. The van der Waals surface area contributed by atoms with Crippen molar-refractivity contribution < 1.29 is 28.7 Å². The minimum Gasteiger partial charge on any atom is -0.468 e. The Morgan fingerprint density at radius 3 is 2.58 bits per heavy atom. The molecule has 0 bridgehead atoms. The summed E-state index contributed by atoms with van der Waals surface area (Å²) in [5.74, 6) is -1.23. The second-order valence-corrected chi connectivity index (χ2v) is 9.62. The fourth-order valence-electron chi connectivity index (χ4n) is 3.64. The maximum Gasteiger partial charge on any atom is 0.337 e. The number of amides is 2. The molecule has 0 saturated heterocycles. The van der Waals surface area contributed by atoms with E-state index in [0.717, 1.165) is 25.7 Å². The lowest BCUT2D eigenvalue weighted by molar-refractivity contribution is -0.141. The number of rotatable bonds is 8. The van der Waals surface area contributed by atoms with Gasteiger partial charge in [-0.1, -0.05) is 30.6 Å². The number of thioether (sulfide) groups is 1. The fraction of sp³-hybridized carbons (Fsp3) is 0.500. The molecule has 1 aromatic heterocycles. The number of nitrogens with zero attached hydrogens (tertiary/aromatic N) is 2. The molecule has 1 saturated carbocycles. The average molecular weight is 494 g/mol. The molecule has 0 radical (unpaired) electrons. The van der Waals surface area contributed by atoms with Gasteiger partial charge >= 0.3 is 11.9 Å². The van der Waals surface area contributed by atoms with Crippen LogP contribution in [0.1, 0.15) is 42.5 Å². The number of esters is 2. The van der Waals surface area contributed by atoms with Crippen LogP contribution >= 0.6 is 23.1 Å². The summed E-state index contributed by atoms with van der Waals surface area (Å²) in [6.45, 7) is -0.128. The summed E-state index contributed by atoms with van der Waals surface area (Å²) in [6, 6.07) is 5.13. The third kappa shape index (κ3) is 6.91. The van der Waals surface area contributed by atoms with Crippen molar-refractivity contribution in [3.8, 4) is 0 Å². The maximum atomic E-state index is 12.5. The minimum absolute atomic E-state index is 0.0396. The molecular weight excluding hydrogens is 466 g/mol. The molecule has 1 aliphatic rings.